The first-order valence-electron chi connectivity index (χ1n) is 9.27. The number of methoxy groups -OCH3 is 1. The SMILES string of the molecule is COC(=O)[C@@]1(Cc2cccc(Cl)c2)COC(C(C)(C)C)N1C(=O)OC(C)(C)C. The molecular weight excluding hydrogens is 382 g/mol. The third-order valence-corrected chi connectivity index (χ3v) is 4.69. The van der Waals surface area contributed by atoms with Crippen LogP contribution < -0.4 is 0 Å². The molecule has 156 valence electrons. The summed E-state index contributed by atoms with van der Waals surface area (Å²) in [6, 6.07) is 7.18. The zero-order chi connectivity index (χ0) is 21.3. The molecule has 1 amide bonds. The van der Waals surface area contributed by atoms with Gasteiger partial charge in [0.25, 0.3) is 0 Å². The number of carbonyl (C=O) groups is 2. The highest BCUT2D eigenvalue weighted by atomic mass is 35.5. The van der Waals surface area contributed by atoms with Crippen molar-refractivity contribution in [3.8, 4) is 0 Å². The van der Waals surface area contributed by atoms with Crippen molar-refractivity contribution < 1.29 is 23.8 Å². The molecule has 1 heterocycles. The zero-order valence-corrected chi connectivity index (χ0v) is 18.4. The Hall–Kier alpha value is -1.79. The molecule has 0 spiro atoms. The first-order valence-corrected chi connectivity index (χ1v) is 9.65. The molecule has 28 heavy (non-hydrogen) atoms. The first-order chi connectivity index (χ1) is 12.8. The monoisotopic (exact) mass is 411 g/mol. The number of halogens is 1. The lowest BCUT2D eigenvalue weighted by Gasteiger charge is -2.41. The summed E-state index contributed by atoms with van der Waals surface area (Å²) in [5, 5.41) is 0.549. The van der Waals surface area contributed by atoms with E-state index in [0.29, 0.717) is 5.02 Å². The minimum Gasteiger partial charge on any atom is -0.467 e. The lowest BCUT2D eigenvalue weighted by molar-refractivity contribution is -0.154. The van der Waals surface area contributed by atoms with Crippen LogP contribution in [0.3, 0.4) is 0 Å². The van der Waals surface area contributed by atoms with E-state index in [4.69, 9.17) is 25.8 Å². The summed E-state index contributed by atoms with van der Waals surface area (Å²) in [7, 11) is 1.31. The number of esters is 1. The second-order valence-corrected chi connectivity index (χ2v) is 9.65. The number of rotatable bonds is 3. The lowest BCUT2D eigenvalue weighted by Crippen LogP contribution is -2.61. The van der Waals surface area contributed by atoms with Crippen molar-refractivity contribution >= 4 is 23.7 Å². The fourth-order valence-corrected chi connectivity index (χ4v) is 3.56. The molecule has 1 aliphatic heterocycles. The van der Waals surface area contributed by atoms with Gasteiger partial charge in [0.15, 0.2) is 5.54 Å². The van der Waals surface area contributed by atoms with Gasteiger partial charge in [-0.15, -0.1) is 0 Å². The number of nitrogens with zero attached hydrogens (tertiary/aromatic N) is 1. The minimum absolute atomic E-state index is 0.00731. The van der Waals surface area contributed by atoms with Gasteiger partial charge in [0.2, 0.25) is 0 Å². The Labute approximate surface area is 172 Å². The second kappa shape index (κ2) is 7.91. The molecule has 0 N–H and O–H groups in total. The molecule has 1 saturated heterocycles. The molecule has 1 aromatic rings. The van der Waals surface area contributed by atoms with Crippen molar-refractivity contribution in [2.75, 3.05) is 13.7 Å². The average Bonchev–Trinajstić information content (AvgIpc) is 2.93. The molecule has 0 aromatic heterocycles. The van der Waals surface area contributed by atoms with Gasteiger partial charge in [-0.1, -0.05) is 44.5 Å². The largest absolute Gasteiger partial charge is 0.467 e. The summed E-state index contributed by atoms with van der Waals surface area (Å²) in [5.74, 6) is -0.551. The summed E-state index contributed by atoms with van der Waals surface area (Å²) in [6.07, 6.45) is -1.07. The van der Waals surface area contributed by atoms with E-state index in [2.05, 4.69) is 0 Å². The van der Waals surface area contributed by atoms with Crippen molar-refractivity contribution in [2.45, 2.75) is 65.3 Å². The summed E-state index contributed by atoms with van der Waals surface area (Å²) < 4.78 is 16.7. The highest BCUT2D eigenvalue weighted by molar-refractivity contribution is 6.30. The second-order valence-electron chi connectivity index (χ2n) is 9.21. The Kier molecular flexibility index (Phi) is 6.36. The van der Waals surface area contributed by atoms with Gasteiger partial charge >= 0.3 is 12.1 Å². The summed E-state index contributed by atoms with van der Waals surface area (Å²) in [5.41, 5.74) is -1.72. The first kappa shape index (κ1) is 22.5. The van der Waals surface area contributed by atoms with Crippen molar-refractivity contribution in [1.29, 1.82) is 0 Å². The number of benzene rings is 1. The topological polar surface area (TPSA) is 65.1 Å². The maximum absolute atomic E-state index is 13.2. The van der Waals surface area contributed by atoms with Gasteiger partial charge in [0.1, 0.15) is 11.8 Å². The zero-order valence-electron chi connectivity index (χ0n) is 17.7. The number of amides is 1. The fraction of sp³-hybridized carbons (Fsp3) is 0.619. The summed E-state index contributed by atoms with van der Waals surface area (Å²) >= 11 is 6.12. The molecule has 0 saturated carbocycles. The Morgan fingerprint density at radius 3 is 2.39 bits per heavy atom. The summed E-state index contributed by atoms with van der Waals surface area (Å²) in [4.78, 5) is 27.6. The molecule has 2 atom stereocenters. The van der Waals surface area contributed by atoms with E-state index < -0.39 is 34.8 Å². The van der Waals surface area contributed by atoms with Crippen LogP contribution in [0.4, 0.5) is 4.79 Å². The van der Waals surface area contributed by atoms with Gasteiger partial charge in [0, 0.05) is 16.9 Å². The van der Waals surface area contributed by atoms with Gasteiger partial charge in [-0.3, -0.25) is 4.90 Å². The molecule has 7 heteroatoms. The molecular formula is C21H30ClNO5. The number of ether oxygens (including phenoxy) is 3. The van der Waals surface area contributed by atoms with Gasteiger partial charge < -0.3 is 14.2 Å². The van der Waals surface area contributed by atoms with Crippen LogP contribution in [0.25, 0.3) is 0 Å². The minimum atomic E-state index is -1.35. The Balaban J connectivity index is 2.56. The van der Waals surface area contributed by atoms with E-state index in [0.717, 1.165) is 5.56 Å². The third kappa shape index (κ3) is 4.78. The normalized spacial score (nSPS) is 22.9. The van der Waals surface area contributed by atoms with Crippen molar-refractivity contribution in [3.63, 3.8) is 0 Å². The van der Waals surface area contributed by atoms with E-state index >= 15 is 0 Å². The van der Waals surface area contributed by atoms with E-state index in [1.165, 1.54) is 12.0 Å². The predicted molar refractivity (Wildman–Crippen MR) is 107 cm³/mol. The highest BCUT2D eigenvalue weighted by Gasteiger charge is 2.59. The molecule has 1 fully saturated rings. The molecule has 1 unspecified atom stereocenters. The Morgan fingerprint density at radius 1 is 1.25 bits per heavy atom. The molecule has 6 nitrogen and oxygen atoms in total. The number of hydrogen-bond donors (Lipinski definition) is 0. The smallest absolute Gasteiger partial charge is 0.413 e. The van der Waals surface area contributed by atoms with Gasteiger partial charge in [-0.05, 0) is 38.5 Å². The van der Waals surface area contributed by atoms with E-state index in [-0.39, 0.29) is 13.0 Å². The Morgan fingerprint density at radius 2 is 1.89 bits per heavy atom. The van der Waals surface area contributed by atoms with Gasteiger partial charge in [-0.25, -0.2) is 9.59 Å². The maximum Gasteiger partial charge on any atom is 0.413 e. The highest BCUT2D eigenvalue weighted by Crippen LogP contribution is 2.40. The summed E-state index contributed by atoms with van der Waals surface area (Å²) in [6.45, 7) is 11.2. The van der Waals surface area contributed by atoms with E-state index in [1.807, 2.05) is 26.8 Å². The van der Waals surface area contributed by atoms with Gasteiger partial charge in [0.05, 0.1) is 13.7 Å². The average molecular weight is 412 g/mol. The molecule has 0 aliphatic carbocycles. The molecule has 2 rings (SSSR count). The third-order valence-electron chi connectivity index (χ3n) is 4.46. The Bertz CT molecular complexity index is 737. The quantitative estimate of drug-likeness (QED) is 0.688. The maximum atomic E-state index is 13.2. The standard InChI is InChI=1S/C21H30ClNO5/c1-19(2,3)16-23(18(25)28-20(4,5)6)21(13-27-16,17(24)26-7)12-14-9-8-10-15(22)11-14/h8-11,16H,12-13H2,1-7H3/t16?,21-/m1/s1. The van der Waals surface area contributed by atoms with Crippen LogP contribution in [0.5, 0.6) is 0 Å². The van der Waals surface area contributed by atoms with Gasteiger partial charge in [-0.2, -0.15) is 0 Å². The van der Waals surface area contributed by atoms with Crippen LogP contribution in [0.15, 0.2) is 24.3 Å². The van der Waals surface area contributed by atoms with Crippen molar-refractivity contribution in [1.82, 2.24) is 4.90 Å². The van der Waals surface area contributed by atoms with Crippen LogP contribution in [-0.4, -0.2) is 48.0 Å². The molecule has 0 bridgehead atoms. The predicted octanol–water partition coefficient (Wildman–Crippen LogP) is 4.43. The molecule has 1 aromatic carbocycles. The van der Waals surface area contributed by atoms with Crippen LogP contribution in [0, 0.1) is 5.41 Å². The van der Waals surface area contributed by atoms with E-state index in [1.54, 1.807) is 39.0 Å². The lowest BCUT2D eigenvalue weighted by atomic mass is 9.87. The van der Waals surface area contributed by atoms with Crippen molar-refractivity contribution in [2.24, 2.45) is 5.41 Å². The van der Waals surface area contributed by atoms with Crippen LogP contribution in [-0.2, 0) is 25.4 Å². The van der Waals surface area contributed by atoms with Crippen LogP contribution in [0.1, 0.15) is 47.1 Å². The number of carbonyl (C=O) groups excluding carboxylic acids is 2. The number of hydrogen-bond acceptors (Lipinski definition) is 5. The molecule has 0 radical (unpaired) electrons. The van der Waals surface area contributed by atoms with E-state index in [9.17, 15) is 9.59 Å². The molecule has 1 aliphatic rings. The van der Waals surface area contributed by atoms with Crippen molar-refractivity contribution in [3.05, 3.63) is 34.9 Å². The van der Waals surface area contributed by atoms with Crippen LogP contribution in [0.2, 0.25) is 5.02 Å². The van der Waals surface area contributed by atoms with Crippen LogP contribution >= 0.6 is 11.6 Å². The fourth-order valence-electron chi connectivity index (χ4n) is 3.34.